The van der Waals surface area contributed by atoms with Gasteiger partial charge in [-0.15, -0.1) is 11.3 Å². The molecule has 0 fully saturated rings. The Bertz CT molecular complexity index is 969. The second-order valence-electron chi connectivity index (χ2n) is 6.56. The highest BCUT2D eigenvalue weighted by molar-refractivity contribution is 7.12. The van der Waals surface area contributed by atoms with Crippen molar-refractivity contribution in [1.29, 1.82) is 0 Å². The van der Waals surface area contributed by atoms with Gasteiger partial charge in [-0.1, -0.05) is 41.9 Å². The van der Waals surface area contributed by atoms with Crippen molar-refractivity contribution in [3.63, 3.8) is 0 Å². The van der Waals surface area contributed by atoms with Gasteiger partial charge in [0.25, 0.3) is 0 Å². The van der Waals surface area contributed by atoms with Crippen LogP contribution in [-0.4, -0.2) is 17.5 Å². The zero-order chi connectivity index (χ0) is 18.8. The van der Waals surface area contributed by atoms with E-state index in [1.165, 1.54) is 0 Å². The molecule has 1 aromatic heterocycles. The van der Waals surface area contributed by atoms with E-state index in [0.29, 0.717) is 24.6 Å². The van der Waals surface area contributed by atoms with Crippen molar-refractivity contribution >= 4 is 28.8 Å². The summed E-state index contributed by atoms with van der Waals surface area (Å²) in [5, 5.41) is 4.60. The number of para-hydroxylation sites is 1. The number of ether oxygens (including phenoxy) is 1. The summed E-state index contributed by atoms with van der Waals surface area (Å²) < 4.78 is 5.72. The number of hydrogen-bond acceptors (Lipinski definition) is 4. The number of hydrogen-bond donors (Lipinski definition) is 1. The standard InChI is InChI=1S/C21H19ClN2O2S/c1-13-20(14-6-8-17(22)9-7-14)24-19(27-13)11-23-21(25)16-10-15-4-2-3-5-18(15)26-12-16/h2-9,16H,10-12H2,1H3,(H,23,25). The van der Waals surface area contributed by atoms with Crippen LogP contribution in [-0.2, 0) is 17.8 Å². The number of carbonyl (C=O) groups excluding carboxylic acids is 1. The van der Waals surface area contributed by atoms with Crippen LogP contribution in [0.4, 0.5) is 0 Å². The Hall–Kier alpha value is -2.37. The zero-order valence-corrected chi connectivity index (χ0v) is 16.4. The topological polar surface area (TPSA) is 51.2 Å². The first-order valence-corrected chi connectivity index (χ1v) is 10.0. The lowest BCUT2D eigenvalue weighted by Gasteiger charge is -2.24. The van der Waals surface area contributed by atoms with E-state index in [4.69, 9.17) is 21.3 Å². The number of nitrogens with zero attached hydrogens (tertiary/aromatic N) is 1. The molecule has 1 unspecified atom stereocenters. The number of amides is 1. The monoisotopic (exact) mass is 398 g/mol. The minimum atomic E-state index is -0.170. The number of nitrogens with one attached hydrogen (secondary N) is 1. The molecule has 1 amide bonds. The number of rotatable bonds is 4. The largest absolute Gasteiger partial charge is 0.492 e. The molecule has 2 heterocycles. The van der Waals surface area contributed by atoms with E-state index in [1.807, 2.05) is 55.5 Å². The highest BCUT2D eigenvalue weighted by Crippen LogP contribution is 2.29. The molecular weight excluding hydrogens is 380 g/mol. The van der Waals surface area contributed by atoms with Gasteiger partial charge in [-0.05, 0) is 37.1 Å². The zero-order valence-electron chi connectivity index (χ0n) is 14.9. The molecule has 0 aliphatic carbocycles. The Kier molecular flexibility index (Phi) is 5.14. The molecule has 4 rings (SSSR count). The first kappa shape index (κ1) is 18.0. The van der Waals surface area contributed by atoms with Gasteiger partial charge in [-0.2, -0.15) is 0 Å². The number of halogens is 1. The first-order valence-electron chi connectivity index (χ1n) is 8.81. The van der Waals surface area contributed by atoms with E-state index in [9.17, 15) is 4.79 Å². The van der Waals surface area contributed by atoms with Gasteiger partial charge >= 0.3 is 0 Å². The van der Waals surface area contributed by atoms with E-state index in [1.54, 1.807) is 11.3 Å². The van der Waals surface area contributed by atoms with Crippen LogP contribution in [0.3, 0.4) is 0 Å². The van der Waals surface area contributed by atoms with Crippen LogP contribution >= 0.6 is 22.9 Å². The fourth-order valence-electron chi connectivity index (χ4n) is 3.21. The number of aromatic nitrogens is 1. The molecule has 0 bridgehead atoms. The van der Waals surface area contributed by atoms with Crippen LogP contribution in [0.25, 0.3) is 11.3 Å². The summed E-state index contributed by atoms with van der Waals surface area (Å²) in [5.41, 5.74) is 3.05. The van der Waals surface area contributed by atoms with Crippen molar-refractivity contribution in [2.75, 3.05) is 6.61 Å². The van der Waals surface area contributed by atoms with Crippen molar-refractivity contribution in [2.24, 2.45) is 5.92 Å². The second-order valence-corrected chi connectivity index (χ2v) is 8.28. The lowest BCUT2D eigenvalue weighted by Crippen LogP contribution is -2.37. The van der Waals surface area contributed by atoms with Gasteiger partial charge in [0.1, 0.15) is 17.4 Å². The van der Waals surface area contributed by atoms with Crippen molar-refractivity contribution in [3.05, 3.63) is 69.0 Å². The van der Waals surface area contributed by atoms with Gasteiger partial charge in [-0.25, -0.2) is 4.98 Å². The van der Waals surface area contributed by atoms with Crippen LogP contribution in [0.5, 0.6) is 5.75 Å². The number of carbonyl (C=O) groups is 1. The Labute approximate surface area is 167 Å². The number of thiazole rings is 1. The number of aryl methyl sites for hydroxylation is 1. The third-order valence-corrected chi connectivity index (χ3v) is 5.84. The molecule has 0 spiro atoms. The minimum absolute atomic E-state index is 0.00500. The molecule has 1 N–H and O–H groups in total. The van der Waals surface area contributed by atoms with Gasteiger partial charge in [-0.3, -0.25) is 4.79 Å². The molecule has 4 nitrogen and oxygen atoms in total. The van der Waals surface area contributed by atoms with E-state index in [2.05, 4.69) is 5.32 Å². The van der Waals surface area contributed by atoms with Crippen molar-refractivity contribution < 1.29 is 9.53 Å². The van der Waals surface area contributed by atoms with Gasteiger partial charge in [0.2, 0.25) is 5.91 Å². The maximum atomic E-state index is 12.6. The average molecular weight is 399 g/mol. The Balaban J connectivity index is 1.40. The Morgan fingerprint density at radius 1 is 1.26 bits per heavy atom. The maximum absolute atomic E-state index is 12.6. The molecule has 0 radical (unpaired) electrons. The van der Waals surface area contributed by atoms with Crippen LogP contribution in [0.1, 0.15) is 15.4 Å². The molecule has 0 saturated carbocycles. The smallest absolute Gasteiger partial charge is 0.227 e. The lowest BCUT2D eigenvalue weighted by atomic mass is 9.96. The average Bonchev–Trinajstić information content (AvgIpc) is 3.07. The van der Waals surface area contributed by atoms with Crippen LogP contribution in [0, 0.1) is 12.8 Å². The van der Waals surface area contributed by atoms with Gasteiger partial charge < -0.3 is 10.1 Å². The van der Waals surface area contributed by atoms with Crippen LogP contribution < -0.4 is 10.1 Å². The van der Waals surface area contributed by atoms with Crippen molar-refractivity contribution in [1.82, 2.24) is 10.3 Å². The molecule has 0 saturated heterocycles. The van der Waals surface area contributed by atoms with E-state index in [-0.39, 0.29) is 11.8 Å². The molecule has 1 aliphatic rings. The van der Waals surface area contributed by atoms with Gasteiger partial charge in [0.05, 0.1) is 18.2 Å². The number of fused-ring (bicyclic) bond motifs is 1. The predicted octanol–water partition coefficient (Wildman–Crippen LogP) is 4.64. The van der Waals surface area contributed by atoms with Crippen molar-refractivity contribution in [3.8, 4) is 17.0 Å². The summed E-state index contributed by atoms with van der Waals surface area (Å²) in [7, 11) is 0. The van der Waals surface area contributed by atoms with Crippen LogP contribution in [0.2, 0.25) is 5.02 Å². The van der Waals surface area contributed by atoms with E-state index < -0.39 is 0 Å². The molecule has 27 heavy (non-hydrogen) atoms. The molecule has 6 heteroatoms. The predicted molar refractivity (Wildman–Crippen MR) is 108 cm³/mol. The summed E-state index contributed by atoms with van der Waals surface area (Å²) in [6.45, 7) is 2.88. The second kappa shape index (κ2) is 7.71. The molecule has 1 atom stereocenters. The van der Waals surface area contributed by atoms with Gasteiger partial charge in [0.15, 0.2) is 0 Å². The van der Waals surface area contributed by atoms with Gasteiger partial charge in [0, 0.05) is 15.5 Å². The summed E-state index contributed by atoms with van der Waals surface area (Å²) in [4.78, 5) is 18.4. The molecular formula is C21H19ClN2O2S. The summed E-state index contributed by atoms with van der Waals surface area (Å²) in [6, 6.07) is 15.5. The summed E-state index contributed by atoms with van der Waals surface area (Å²) >= 11 is 7.56. The Morgan fingerprint density at radius 3 is 2.85 bits per heavy atom. The fraction of sp³-hybridized carbons (Fsp3) is 0.238. The molecule has 2 aromatic carbocycles. The lowest BCUT2D eigenvalue weighted by molar-refractivity contribution is -0.126. The normalized spacial score (nSPS) is 15.7. The Morgan fingerprint density at radius 2 is 2.04 bits per heavy atom. The summed E-state index contributed by atoms with van der Waals surface area (Å²) in [6.07, 6.45) is 0.703. The molecule has 1 aliphatic heterocycles. The third-order valence-electron chi connectivity index (χ3n) is 4.62. The highest BCUT2D eigenvalue weighted by Gasteiger charge is 2.25. The van der Waals surface area contributed by atoms with Crippen LogP contribution in [0.15, 0.2) is 48.5 Å². The molecule has 138 valence electrons. The highest BCUT2D eigenvalue weighted by atomic mass is 35.5. The quantitative estimate of drug-likeness (QED) is 0.696. The van der Waals surface area contributed by atoms with Crippen molar-refractivity contribution in [2.45, 2.75) is 19.9 Å². The minimum Gasteiger partial charge on any atom is -0.492 e. The third kappa shape index (κ3) is 3.99. The summed E-state index contributed by atoms with van der Waals surface area (Å²) in [5.74, 6) is 0.715. The van der Waals surface area contributed by atoms with E-state index >= 15 is 0 Å². The maximum Gasteiger partial charge on any atom is 0.227 e. The SMILES string of the molecule is Cc1sc(CNC(=O)C2COc3ccccc3C2)nc1-c1ccc(Cl)cc1. The number of benzene rings is 2. The fourth-order valence-corrected chi connectivity index (χ4v) is 4.23. The first-order chi connectivity index (χ1) is 13.1. The van der Waals surface area contributed by atoms with E-state index in [0.717, 1.165) is 32.5 Å². The molecule has 3 aromatic rings.